The lowest BCUT2D eigenvalue weighted by atomic mass is 9.53. The molecule has 1 saturated carbocycles. The largest absolute Gasteiger partial charge is 0.497 e. The fourth-order valence-electron chi connectivity index (χ4n) is 6.26. The minimum atomic E-state index is -0.563. The summed E-state index contributed by atoms with van der Waals surface area (Å²) < 4.78 is 15.9. The smallest absolute Gasteiger partial charge is 0.223 e. The molecule has 0 unspecified atom stereocenters. The van der Waals surface area contributed by atoms with E-state index < -0.39 is 6.10 Å². The molecule has 2 aliphatic rings. The van der Waals surface area contributed by atoms with E-state index in [0.29, 0.717) is 18.9 Å². The Labute approximate surface area is 217 Å². The molecule has 2 aromatic rings. The normalized spacial score (nSPS) is 28.0. The summed E-state index contributed by atoms with van der Waals surface area (Å²) in [6, 6.07) is 5.63. The summed E-state index contributed by atoms with van der Waals surface area (Å²) in [6.07, 6.45) is 2.12. The van der Waals surface area contributed by atoms with Crippen molar-refractivity contribution in [2.75, 3.05) is 39.8 Å². The summed E-state index contributed by atoms with van der Waals surface area (Å²) in [5, 5.41) is 18.8. The van der Waals surface area contributed by atoms with E-state index in [2.05, 4.69) is 24.5 Å². The van der Waals surface area contributed by atoms with Crippen LogP contribution in [-0.4, -0.2) is 56.6 Å². The second kappa shape index (κ2) is 10.9. The fraction of sp³-hybridized carbons (Fsp3) is 0.630. The van der Waals surface area contributed by atoms with Crippen LogP contribution in [-0.2, 0) is 16.0 Å². The first kappa shape index (κ1) is 26.7. The lowest BCUT2D eigenvalue weighted by Gasteiger charge is -2.53. The third-order valence-electron chi connectivity index (χ3n) is 8.23. The number of aliphatic hydroxyl groups is 1. The van der Waals surface area contributed by atoms with E-state index in [1.165, 1.54) is 4.88 Å². The lowest BCUT2D eigenvalue weighted by Crippen LogP contribution is -2.53. The van der Waals surface area contributed by atoms with E-state index in [9.17, 15) is 9.90 Å². The average molecular weight is 518 g/mol. The summed E-state index contributed by atoms with van der Waals surface area (Å²) in [5.74, 6) is 1.22. The predicted molar refractivity (Wildman–Crippen MR) is 141 cm³/mol. The van der Waals surface area contributed by atoms with Crippen LogP contribution in [0.4, 0.5) is 10.8 Å². The molecule has 2 aliphatic carbocycles. The van der Waals surface area contributed by atoms with Crippen molar-refractivity contribution in [2.24, 2.45) is 23.2 Å². The van der Waals surface area contributed by atoms with Crippen molar-refractivity contribution in [1.29, 1.82) is 0 Å². The molecule has 4 rings (SSSR count). The van der Waals surface area contributed by atoms with E-state index in [-0.39, 0.29) is 35.0 Å². The Kier molecular flexibility index (Phi) is 8.12. The predicted octanol–water partition coefficient (Wildman–Crippen LogP) is 4.36. The van der Waals surface area contributed by atoms with Crippen molar-refractivity contribution >= 4 is 28.1 Å². The maximum atomic E-state index is 12.7. The molecule has 3 N–H and O–H groups in total. The van der Waals surface area contributed by atoms with Crippen molar-refractivity contribution in [3.63, 3.8) is 0 Å². The first-order valence-corrected chi connectivity index (χ1v) is 13.5. The number of aromatic nitrogens is 1. The maximum absolute atomic E-state index is 12.7. The van der Waals surface area contributed by atoms with Gasteiger partial charge in [0.2, 0.25) is 5.91 Å². The Morgan fingerprint density at radius 1 is 1.31 bits per heavy atom. The Morgan fingerprint density at radius 2 is 2.08 bits per heavy atom. The zero-order valence-corrected chi connectivity index (χ0v) is 22.9. The highest BCUT2D eigenvalue weighted by atomic mass is 32.1. The Balaban J connectivity index is 1.55. The molecule has 9 heteroatoms. The summed E-state index contributed by atoms with van der Waals surface area (Å²) >= 11 is 1.67. The monoisotopic (exact) mass is 517 g/mol. The lowest BCUT2D eigenvalue weighted by molar-refractivity contribution is -0.135. The van der Waals surface area contributed by atoms with Crippen LogP contribution in [0.3, 0.4) is 0 Å². The Morgan fingerprint density at radius 3 is 2.78 bits per heavy atom. The van der Waals surface area contributed by atoms with Gasteiger partial charge < -0.3 is 30.0 Å². The van der Waals surface area contributed by atoms with Gasteiger partial charge in [0.05, 0.1) is 38.3 Å². The number of carbonyl (C=O) groups excluding carboxylic acids is 1. The van der Waals surface area contributed by atoms with Gasteiger partial charge in [-0.05, 0) is 48.6 Å². The van der Waals surface area contributed by atoms with Gasteiger partial charge in [-0.15, -0.1) is 11.3 Å². The van der Waals surface area contributed by atoms with Crippen molar-refractivity contribution in [3.05, 3.63) is 28.8 Å². The number of fused-ring (bicyclic) bond motifs is 2. The van der Waals surface area contributed by atoms with Gasteiger partial charge in [0, 0.05) is 36.4 Å². The van der Waals surface area contributed by atoms with E-state index >= 15 is 0 Å². The molecule has 1 amide bonds. The zero-order valence-electron chi connectivity index (χ0n) is 22.1. The van der Waals surface area contributed by atoms with Crippen molar-refractivity contribution in [1.82, 2.24) is 10.3 Å². The van der Waals surface area contributed by atoms with Gasteiger partial charge in [0.1, 0.15) is 11.5 Å². The van der Waals surface area contributed by atoms with E-state index in [4.69, 9.17) is 19.2 Å². The number of hydrogen-bond donors (Lipinski definition) is 3. The Bertz CT molecular complexity index is 1080. The number of rotatable bonds is 9. The molecule has 0 aliphatic heterocycles. The standard InChI is InChI=1S/C27H39N3O5S/c1-15(25(32)28-11-12-33-4)18-9-10-27(3)14-21-23(16(2)22(27)24(18)31)30-26(36-21)29-19-13-17(34-5)7-8-20(19)35-6/h7-8,13,15-16,18,22,24,31H,9-12,14H2,1-6H3,(H,28,32)(H,29,30)/t15-,16-,18-,22+,24-,27-/m0/s1. The highest BCUT2D eigenvalue weighted by Crippen LogP contribution is 2.57. The Hall–Kier alpha value is -2.36. The first-order chi connectivity index (χ1) is 17.2. The van der Waals surface area contributed by atoms with Crippen LogP contribution in [0.1, 0.15) is 50.1 Å². The molecule has 198 valence electrons. The molecule has 0 radical (unpaired) electrons. The number of nitrogens with zero attached hydrogens (tertiary/aromatic N) is 1. The number of anilines is 2. The van der Waals surface area contributed by atoms with E-state index in [0.717, 1.165) is 41.5 Å². The highest BCUT2D eigenvalue weighted by molar-refractivity contribution is 7.15. The molecule has 1 aromatic carbocycles. The molecule has 1 fully saturated rings. The molecule has 0 saturated heterocycles. The van der Waals surface area contributed by atoms with Gasteiger partial charge in [-0.1, -0.05) is 20.8 Å². The second-order valence-corrected chi connectivity index (χ2v) is 11.5. The fourth-order valence-corrected chi connectivity index (χ4v) is 7.54. The molecule has 6 atom stereocenters. The van der Waals surface area contributed by atoms with E-state index in [1.54, 1.807) is 32.7 Å². The van der Waals surface area contributed by atoms with Gasteiger partial charge in [-0.3, -0.25) is 4.79 Å². The summed E-state index contributed by atoms with van der Waals surface area (Å²) in [5.41, 5.74) is 1.81. The average Bonchev–Trinajstić information content (AvgIpc) is 3.25. The minimum absolute atomic E-state index is 0.0174. The van der Waals surface area contributed by atoms with Crippen molar-refractivity contribution in [3.8, 4) is 11.5 Å². The highest BCUT2D eigenvalue weighted by Gasteiger charge is 2.53. The molecule has 8 nitrogen and oxygen atoms in total. The SMILES string of the molecule is COCCNC(=O)[C@@H](C)[C@@H]1CC[C@@]2(C)Cc3sc(Nc4cc(OC)ccc4OC)nc3[C@@H](C)[C@@H]2[C@H]1O. The zero-order chi connectivity index (χ0) is 26.0. The summed E-state index contributed by atoms with van der Waals surface area (Å²) in [4.78, 5) is 19.0. The van der Waals surface area contributed by atoms with Crippen LogP contribution < -0.4 is 20.1 Å². The number of ether oxygens (including phenoxy) is 3. The number of aliphatic hydroxyl groups excluding tert-OH is 1. The number of amides is 1. The van der Waals surface area contributed by atoms with Gasteiger partial charge in [0.15, 0.2) is 5.13 Å². The third-order valence-corrected chi connectivity index (χ3v) is 9.22. The second-order valence-electron chi connectivity index (χ2n) is 10.4. The van der Waals surface area contributed by atoms with Gasteiger partial charge in [-0.25, -0.2) is 4.98 Å². The molecule has 1 aromatic heterocycles. The quantitative estimate of drug-likeness (QED) is 0.425. The number of hydrogen-bond acceptors (Lipinski definition) is 8. The van der Waals surface area contributed by atoms with Crippen LogP contribution in [0, 0.1) is 23.2 Å². The summed E-state index contributed by atoms with van der Waals surface area (Å²) in [7, 11) is 4.90. The number of thiazole rings is 1. The first-order valence-electron chi connectivity index (χ1n) is 12.7. The van der Waals surface area contributed by atoms with E-state index in [1.807, 2.05) is 25.1 Å². The van der Waals surface area contributed by atoms with Crippen molar-refractivity contribution in [2.45, 2.75) is 52.1 Å². The molecular formula is C27H39N3O5S. The minimum Gasteiger partial charge on any atom is -0.497 e. The van der Waals surface area contributed by atoms with Crippen LogP contribution in [0.15, 0.2) is 18.2 Å². The molecule has 0 bridgehead atoms. The summed E-state index contributed by atoms with van der Waals surface area (Å²) in [6.45, 7) is 7.36. The number of carbonyl (C=O) groups is 1. The van der Waals surface area contributed by atoms with Gasteiger partial charge in [0.25, 0.3) is 0 Å². The van der Waals surface area contributed by atoms with Crippen LogP contribution in [0.2, 0.25) is 0 Å². The van der Waals surface area contributed by atoms with Gasteiger partial charge in [-0.2, -0.15) is 0 Å². The van der Waals surface area contributed by atoms with Crippen LogP contribution in [0.25, 0.3) is 0 Å². The number of nitrogens with one attached hydrogen (secondary N) is 2. The number of methoxy groups -OCH3 is 3. The third kappa shape index (κ3) is 5.06. The van der Waals surface area contributed by atoms with Crippen LogP contribution in [0.5, 0.6) is 11.5 Å². The molecule has 36 heavy (non-hydrogen) atoms. The number of benzene rings is 1. The van der Waals surface area contributed by atoms with Gasteiger partial charge >= 0.3 is 0 Å². The molecule has 0 spiro atoms. The molecular weight excluding hydrogens is 478 g/mol. The topological polar surface area (TPSA) is 102 Å². The van der Waals surface area contributed by atoms with Crippen molar-refractivity contribution < 1.29 is 24.1 Å². The van der Waals surface area contributed by atoms with Crippen LogP contribution >= 0.6 is 11.3 Å². The molecule has 1 heterocycles. The maximum Gasteiger partial charge on any atom is 0.223 e.